The first-order chi connectivity index (χ1) is 11.1. The zero-order valence-electron chi connectivity index (χ0n) is 13.7. The molecule has 0 aliphatic carbocycles. The summed E-state index contributed by atoms with van der Waals surface area (Å²) >= 11 is 1.23. The molecule has 8 heteroatoms. The largest absolute Gasteiger partial charge is 0.381 e. The number of nitrogens with two attached hydrogens (primary N) is 1. The number of imidazole rings is 1. The molecule has 1 unspecified atom stereocenters. The first-order valence-electron chi connectivity index (χ1n) is 7.89. The molecule has 0 saturated carbocycles. The van der Waals surface area contributed by atoms with Gasteiger partial charge in [-0.3, -0.25) is 5.41 Å². The Kier molecular flexibility index (Phi) is 7.07. The molecule has 1 aromatic heterocycles. The van der Waals surface area contributed by atoms with Crippen molar-refractivity contribution in [1.29, 1.82) is 5.41 Å². The summed E-state index contributed by atoms with van der Waals surface area (Å²) < 4.78 is 11.6. The van der Waals surface area contributed by atoms with E-state index in [-0.39, 0.29) is 23.2 Å². The van der Waals surface area contributed by atoms with Gasteiger partial charge in [0.2, 0.25) is 0 Å². The van der Waals surface area contributed by atoms with Gasteiger partial charge in [-0.1, -0.05) is 25.1 Å². The highest BCUT2D eigenvalue weighted by Crippen LogP contribution is 2.31. The molecule has 7 nitrogen and oxygen atoms in total. The lowest BCUT2D eigenvalue weighted by Gasteiger charge is -2.12. The average molecular weight is 339 g/mol. The van der Waals surface area contributed by atoms with E-state index in [0.717, 1.165) is 38.0 Å². The van der Waals surface area contributed by atoms with Crippen LogP contribution >= 0.6 is 11.8 Å². The number of nitrogens with one attached hydrogen (secondary N) is 2. The van der Waals surface area contributed by atoms with Gasteiger partial charge in [-0.15, -0.1) is 0 Å². The summed E-state index contributed by atoms with van der Waals surface area (Å²) in [6, 6.07) is 0. The summed E-state index contributed by atoms with van der Waals surface area (Å²) in [5, 5.41) is 7.68. The van der Waals surface area contributed by atoms with Crippen LogP contribution in [0.4, 0.5) is 0 Å². The van der Waals surface area contributed by atoms with Crippen LogP contribution in [0.1, 0.15) is 50.2 Å². The van der Waals surface area contributed by atoms with Gasteiger partial charge in [0.05, 0.1) is 30.7 Å². The Hall–Kier alpha value is -1.38. The van der Waals surface area contributed by atoms with Crippen molar-refractivity contribution in [3.05, 3.63) is 17.7 Å². The van der Waals surface area contributed by atoms with Crippen LogP contribution in [0.5, 0.6) is 0 Å². The molecule has 2 rings (SSSR count). The molecular weight excluding hydrogens is 314 g/mol. The van der Waals surface area contributed by atoms with E-state index in [2.05, 4.69) is 21.9 Å². The number of amidine groups is 2. The van der Waals surface area contributed by atoms with Crippen LogP contribution in [0, 0.1) is 5.41 Å². The molecule has 1 aliphatic rings. The van der Waals surface area contributed by atoms with Crippen LogP contribution in [-0.2, 0) is 9.47 Å². The van der Waals surface area contributed by atoms with E-state index < -0.39 is 0 Å². The van der Waals surface area contributed by atoms with Crippen molar-refractivity contribution in [2.75, 3.05) is 19.5 Å². The minimum Gasteiger partial charge on any atom is -0.381 e. The van der Waals surface area contributed by atoms with E-state index in [1.165, 1.54) is 11.8 Å². The fourth-order valence-corrected chi connectivity index (χ4v) is 2.55. The maximum Gasteiger partial charge on any atom is 0.181 e. The van der Waals surface area contributed by atoms with Crippen LogP contribution in [0.2, 0.25) is 0 Å². The SMILES string of the molecule is CCCCOC[C@@H]1CCC(c2cnc(/C(N)=N\C(=N)SC)[nH]2)O1. The first kappa shape index (κ1) is 18.0. The van der Waals surface area contributed by atoms with Gasteiger partial charge < -0.3 is 20.2 Å². The molecule has 0 aromatic carbocycles. The van der Waals surface area contributed by atoms with Crippen molar-refractivity contribution in [2.45, 2.75) is 44.8 Å². The minimum atomic E-state index is -0.0103. The van der Waals surface area contributed by atoms with Gasteiger partial charge in [0, 0.05) is 6.61 Å². The second kappa shape index (κ2) is 9.05. The van der Waals surface area contributed by atoms with Crippen molar-refractivity contribution in [3.8, 4) is 0 Å². The molecule has 23 heavy (non-hydrogen) atoms. The Morgan fingerprint density at radius 2 is 2.43 bits per heavy atom. The number of aromatic nitrogens is 2. The molecule has 1 saturated heterocycles. The monoisotopic (exact) mass is 339 g/mol. The van der Waals surface area contributed by atoms with E-state index in [9.17, 15) is 0 Å². The molecule has 0 bridgehead atoms. The summed E-state index contributed by atoms with van der Waals surface area (Å²) in [5.41, 5.74) is 6.74. The second-order valence-electron chi connectivity index (χ2n) is 5.45. The molecule has 2 heterocycles. The molecule has 1 aliphatic heterocycles. The number of nitrogens with zero attached hydrogens (tertiary/aromatic N) is 2. The molecule has 128 valence electrons. The van der Waals surface area contributed by atoms with E-state index in [0.29, 0.717) is 12.4 Å². The Bertz CT molecular complexity index is 546. The van der Waals surface area contributed by atoms with Crippen LogP contribution in [0.15, 0.2) is 11.2 Å². The molecule has 2 atom stereocenters. The number of ether oxygens (including phenoxy) is 2. The highest BCUT2D eigenvalue weighted by molar-refractivity contribution is 8.13. The smallest absolute Gasteiger partial charge is 0.181 e. The van der Waals surface area contributed by atoms with Crippen LogP contribution in [0.25, 0.3) is 0 Å². The number of aliphatic imine (C=N–C) groups is 1. The van der Waals surface area contributed by atoms with Crippen LogP contribution < -0.4 is 5.73 Å². The lowest BCUT2D eigenvalue weighted by Crippen LogP contribution is -2.17. The molecule has 0 amide bonds. The standard InChI is InChI=1S/C15H25N5O2S/c1-3-4-7-21-9-10-5-6-12(22-10)11-8-18-14(19-11)13(16)20-15(17)23-2/h8,10,12H,3-7,9H2,1-2H3,(H,18,19)(H3,16,17,20)/t10-,12?/m0/s1. The summed E-state index contributed by atoms with van der Waals surface area (Å²) in [7, 11) is 0. The maximum atomic E-state index is 7.53. The van der Waals surface area contributed by atoms with Crippen LogP contribution in [0.3, 0.4) is 0 Å². The van der Waals surface area contributed by atoms with Gasteiger partial charge in [-0.25, -0.2) is 9.98 Å². The van der Waals surface area contributed by atoms with E-state index in [4.69, 9.17) is 20.6 Å². The second-order valence-corrected chi connectivity index (χ2v) is 6.24. The lowest BCUT2D eigenvalue weighted by atomic mass is 10.1. The number of H-pyrrole nitrogens is 1. The number of thioether (sulfide) groups is 1. The Morgan fingerprint density at radius 3 is 3.17 bits per heavy atom. The number of rotatable bonds is 7. The van der Waals surface area contributed by atoms with Gasteiger partial charge in [0.25, 0.3) is 0 Å². The predicted octanol–water partition coefficient (Wildman–Crippen LogP) is 2.45. The lowest BCUT2D eigenvalue weighted by molar-refractivity contribution is -0.0173. The van der Waals surface area contributed by atoms with E-state index >= 15 is 0 Å². The highest BCUT2D eigenvalue weighted by atomic mass is 32.2. The van der Waals surface area contributed by atoms with Gasteiger partial charge in [-0.2, -0.15) is 0 Å². The van der Waals surface area contributed by atoms with Gasteiger partial charge in [-0.05, 0) is 25.5 Å². The topological polar surface area (TPSA) is 109 Å². The number of hydrogen-bond acceptors (Lipinski definition) is 5. The Labute approximate surface area is 141 Å². The number of aromatic amines is 1. The fourth-order valence-electron chi connectivity index (χ4n) is 2.36. The first-order valence-corrected chi connectivity index (χ1v) is 9.11. The average Bonchev–Trinajstić information content (AvgIpc) is 3.20. The quantitative estimate of drug-likeness (QED) is 0.401. The number of unbranched alkanes of at least 4 members (excludes halogenated alkanes) is 1. The van der Waals surface area contributed by atoms with Gasteiger partial charge in [0.1, 0.15) is 0 Å². The Morgan fingerprint density at radius 1 is 1.61 bits per heavy atom. The van der Waals surface area contributed by atoms with Gasteiger partial charge >= 0.3 is 0 Å². The molecule has 1 aromatic rings. The summed E-state index contributed by atoms with van der Waals surface area (Å²) in [6.45, 7) is 3.59. The van der Waals surface area contributed by atoms with Crippen molar-refractivity contribution in [3.63, 3.8) is 0 Å². The van der Waals surface area contributed by atoms with Crippen molar-refractivity contribution >= 4 is 22.8 Å². The normalized spacial score (nSPS) is 21.7. The Balaban J connectivity index is 1.87. The fraction of sp³-hybridized carbons (Fsp3) is 0.667. The van der Waals surface area contributed by atoms with Crippen molar-refractivity contribution in [2.24, 2.45) is 10.7 Å². The molecular formula is C15H25N5O2S. The minimum absolute atomic E-state index is 0.0103. The van der Waals surface area contributed by atoms with Crippen molar-refractivity contribution in [1.82, 2.24) is 9.97 Å². The molecule has 0 radical (unpaired) electrons. The molecule has 1 fully saturated rings. The van der Waals surface area contributed by atoms with E-state index in [1.54, 1.807) is 12.5 Å². The predicted molar refractivity (Wildman–Crippen MR) is 93.1 cm³/mol. The summed E-state index contributed by atoms with van der Waals surface area (Å²) in [5.74, 6) is 0.693. The number of hydrogen-bond donors (Lipinski definition) is 3. The molecule has 4 N–H and O–H groups in total. The van der Waals surface area contributed by atoms with Crippen molar-refractivity contribution < 1.29 is 9.47 Å². The third-order valence-electron chi connectivity index (χ3n) is 3.65. The van der Waals surface area contributed by atoms with E-state index in [1.807, 2.05) is 0 Å². The highest BCUT2D eigenvalue weighted by Gasteiger charge is 2.28. The summed E-state index contributed by atoms with van der Waals surface area (Å²) in [6.07, 6.45) is 7.77. The third-order valence-corrected chi connectivity index (χ3v) is 4.13. The molecule has 0 spiro atoms. The third kappa shape index (κ3) is 5.33. The summed E-state index contributed by atoms with van der Waals surface area (Å²) in [4.78, 5) is 11.3. The van der Waals surface area contributed by atoms with Gasteiger partial charge in [0.15, 0.2) is 16.8 Å². The maximum absolute atomic E-state index is 7.53. The zero-order chi connectivity index (χ0) is 16.7. The zero-order valence-corrected chi connectivity index (χ0v) is 14.5. The van der Waals surface area contributed by atoms with Crippen LogP contribution in [-0.4, -0.2) is 46.5 Å².